The van der Waals surface area contributed by atoms with Crippen molar-refractivity contribution in [3.05, 3.63) is 48.3 Å². The highest BCUT2D eigenvalue weighted by atomic mass is 32.2. The van der Waals surface area contributed by atoms with E-state index in [-0.39, 0.29) is 4.90 Å². The van der Waals surface area contributed by atoms with Gasteiger partial charge in [0.1, 0.15) is 11.6 Å². The summed E-state index contributed by atoms with van der Waals surface area (Å²) in [6, 6.07) is 5.03. The summed E-state index contributed by atoms with van der Waals surface area (Å²) in [5.41, 5.74) is 0. The monoisotopic (exact) mass is 365 g/mol. The van der Waals surface area contributed by atoms with E-state index in [0.717, 1.165) is 25.2 Å². The predicted molar refractivity (Wildman–Crippen MR) is 94.2 cm³/mol. The van der Waals surface area contributed by atoms with Gasteiger partial charge in [-0.1, -0.05) is 13.8 Å². The number of nitrogens with zero attached hydrogens (tertiary/aromatic N) is 3. The van der Waals surface area contributed by atoms with Crippen LogP contribution in [-0.2, 0) is 16.6 Å². The Bertz CT molecular complexity index is 807. The van der Waals surface area contributed by atoms with Crippen molar-refractivity contribution in [2.75, 3.05) is 13.1 Å². The molecule has 0 spiro atoms. The van der Waals surface area contributed by atoms with Gasteiger partial charge in [-0.25, -0.2) is 17.8 Å². The Morgan fingerprint density at radius 1 is 1.20 bits per heavy atom. The fourth-order valence-corrected chi connectivity index (χ4v) is 4.81. The second-order valence-electron chi connectivity index (χ2n) is 6.89. The van der Waals surface area contributed by atoms with E-state index in [0.29, 0.717) is 24.9 Å². The highest BCUT2D eigenvalue weighted by molar-refractivity contribution is 7.89. The third-order valence-electron chi connectivity index (χ3n) is 4.74. The average molecular weight is 365 g/mol. The molecule has 1 aromatic heterocycles. The number of imidazole rings is 1. The van der Waals surface area contributed by atoms with Gasteiger partial charge in [0.2, 0.25) is 10.0 Å². The summed E-state index contributed by atoms with van der Waals surface area (Å²) in [4.78, 5) is 4.56. The predicted octanol–water partition coefficient (Wildman–Crippen LogP) is 3.25. The average Bonchev–Trinajstić information content (AvgIpc) is 3.04. The molecule has 2 aromatic rings. The van der Waals surface area contributed by atoms with Crippen LogP contribution in [0.2, 0.25) is 0 Å². The van der Waals surface area contributed by atoms with Crippen LogP contribution < -0.4 is 0 Å². The number of rotatable bonds is 5. The van der Waals surface area contributed by atoms with E-state index in [4.69, 9.17) is 0 Å². The molecule has 1 aliphatic heterocycles. The minimum atomic E-state index is -3.54. The summed E-state index contributed by atoms with van der Waals surface area (Å²) in [6.45, 7) is 6.11. The van der Waals surface area contributed by atoms with Gasteiger partial charge in [0.05, 0.1) is 4.90 Å². The lowest BCUT2D eigenvalue weighted by molar-refractivity contribution is 0.251. The molecule has 0 atom stereocenters. The topological polar surface area (TPSA) is 55.2 Å². The van der Waals surface area contributed by atoms with Gasteiger partial charge < -0.3 is 4.57 Å². The van der Waals surface area contributed by atoms with Crippen LogP contribution in [0, 0.1) is 11.7 Å². The SMILES string of the molecule is CC(C)c1nccn1CC1CCN(S(=O)(=O)c2ccc(F)cc2)CC1. The summed E-state index contributed by atoms with van der Waals surface area (Å²) in [6.07, 6.45) is 5.45. The third kappa shape index (κ3) is 3.93. The maximum absolute atomic E-state index is 13.0. The maximum Gasteiger partial charge on any atom is 0.243 e. The number of halogens is 1. The molecule has 0 bridgehead atoms. The Labute approximate surface area is 148 Å². The van der Waals surface area contributed by atoms with Crippen LogP contribution in [0.4, 0.5) is 4.39 Å². The van der Waals surface area contributed by atoms with Crippen molar-refractivity contribution in [1.29, 1.82) is 0 Å². The molecule has 0 unspecified atom stereocenters. The van der Waals surface area contributed by atoms with Gasteiger partial charge in [-0.2, -0.15) is 4.31 Å². The van der Waals surface area contributed by atoms with Gasteiger partial charge in [-0.3, -0.25) is 0 Å². The number of benzene rings is 1. The Kier molecular flexibility index (Phi) is 5.24. The van der Waals surface area contributed by atoms with Gasteiger partial charge in [0.15, 0.2) is 0 Å². The van der Waals surface area contributed by atoms with Crippen LogP contribution in [0.3, 0.4) is 0 Å². The number of sulfonamides is 1. The van der Waals surface area contributed by atoms with Crippen LogP contribution in [0.15, 0.2) is 41.6 Å². The second-order valence-corrected chi connectivity index (χ2v) is 8.83. The number of aromatic nitrogens is 2. The maximum atomic E-state index is 13.0. The molecule has 5 nitrogen and oxygen atoms in total. The quantitative estimate of drug-likeness (QED) is 0.817. The van der Waals surface area contributed by atoms with Crippen molar-refractivity contribution >= 4 is 10.0 Å². The molecular formula is C18H24FN3O2S. The molecule has 1 aliphatic rings. The van der Waals surface area contributed by atoms with Crippen LogP contribution in [0.1, 0.15) is 38.4 Å². The number of hydrogen-bond acceptors (Lipinski definition) is 3. The van der Waals surface area contributed by atoms with Crippen molar-refractivity contribution in [2.24, 2.45) is 5.92 Å². The fraction of sp³-hybridized carbons (Fsp3) is 0.500. The van der Waals surface area contributed by atoms with E-state index >= 15 is 0 Å². The van der Waals surface area contributed by atoms with Crippen molar-refractivity contribution in [3.63, 3.8) is 0 Å². The molecule has 2 heterocycles. The molecule has 0 aliphatic carbocycles. The lowest BCUT2D eigenvalue weighted by atomic mass is 9.98. The van der Waals surface area contributed by atoms with Crippen molar-refractivity contribution in [1.82, 2.24) is 13.9 Å². The zero-order valence-corrected chi connectivity index (χ0v) is 15.4. The Balaban J connectivity index is 1.63. The van der Waals surface area contributed by atoms with Gasteiger partial charge in [-0.05, 0) is 43.0 Å². The van der Waals surface area contributed by atoms with Gasteiger partial charge in [-0.15, -0.1) is 0 Å². The van der Waals surface area contributed by atoms with Gasteiger partial charge in [0, 0.05) is 37.9 Å². The minimum absolute atomic E-state index is 0.157. The molecule has 1 aromatic carbocycles. The molecule has 1 fully saturated rings. The number of hydrogen-bond donors (Lipinski definition) is 0. The largest absolute Gasteiger partial charge is 0.334 e. The number of piperidine rings is 1. The van der Waals surface area contributed by atoms with E-state index in [2.05, 4.69) is 23.4 Å². The summed E-state index contributed by atoms with van der Waals surface area (Å²) < 4.78 is 42.0. The van der Waals surface area contributed by atoms with E-state index in [1.54, 1.807) is 0 Å². The van der Waals surface area contributed by atoms with Crippen molar-refractivity contribution in [2.45, 2.75) is 44.0 Å². The lowest BCUT2D eigenvalue weighted by Crippen LogP contribution is -2.39. The third-order valence-corrected chi connectivity index (χ3v) is 6.66. The molecule has 0 N–H and O–H groups in total. The molecule has 3 rings (SSSR count). The Morgan fingerprint density at radius 3 is 2.44 bits per heavy atom. The Morgan fingerprint density at radius 2 is 1.84 bits per heavy atom. The van der Waals surface area contributed by atoms with Crippen LogP contribution in [0.5, 0.6) is 0 Å². The second kappa shape index (κ2) is 7.25. The summed E-state index contributed by atoms with van der Waals surface area (Å²) in [7, 11) is -3.54. The molecule has 7 heteroatoms. The highest BCUT2D eigenvalue weighted by Crippen LogP contribution is 2.26. The van der Waals surface area contributed by atoms with E-state index in [9.17, 15) is 12.8 Å². The first-order valence-corrected chi connectivity index (χ1v) is 10.1. The molecular weight excluding hydrogens is 341 g/mol. The molecule has 1 saturated heterocycles. The zero-order valence-electron chi connectivity index (χ0n) is 14.6. The van der Waals surface area contributed by atoms with Gasteiger partial charge >= 0.3 is 0 Å². The van der Waals surface area contributed by atoms with Crippen LogP contribution >= 0.6 is 0 Å². The standard InChI is InChI=1S/C18H24FN3O2S/c1-14(2)18-20-9-12-21(18)13-15-7-10-22(11-8-15)25(23,24)17-5-3-16(19)4-6-17/h3-6,9,12,14-15H,7-8,10-11,13H2,1-2H3. The minimum Gasteiger partial charge on any atom is -0.334 e. The van der Waals surface area contributed by atoms with Crippen molar-refractivity contribution < 1.29 is 12.8 Å². The molecule has 136 valence electrons. The summed E-state index contributed by atoms with van der Waals surface area (Å²) in [5, 5.41) is 0. The fourth-order valence-electron chi connectivity index (χ4n) is 3.34. The smallest absolute Gasteiger partial charge is 0.243 e. The summed E-state index contributed by atoms with van der Waals surface area (Å²) >= 11 is 0. The summed E-state index contributed by atoms with van der Waals surface area (Å²) in [5.74, 6) is 1.45. The van der Waals surface area contributed by atoms with E-state index in [1.165, 1.54) is 28.6 Å². The van der Waals surface area contributed by atoms with Crippen molar-refractivity contribution in [3.8, 4) is 0 Å². The molecule has 25 heavy (non-hydrogen) atoms. The molecule has 0 radical (unpaired) electrons. The van der Waals surface area contributed by atoms with E-state index < -0.39 is 15.8 Å². The lowest BCUT2D eigenvalue weighted by Gasteiger charge is -2.31. The first-order valence-electron chi connectivity index (χ1n) is 8.64. The zero-order chi connectivity index (χ0) is 18.0. The van der Waals surface area contributed by atoms with Crippen LogP contribution in [0.25, 0.3) is 0 Å². The Hall–Kier alpha value is -1.73. The van der Waals surface area contributed by atoms with E-state index in [1.807, 2.05) is 12.4 Å². The molecule has 0 amide bonds. The first kappa shape index (κ1) is 18.1. The highest BCUT2D eigenvalue weighted by Gasteiger charge is 2.29. The molecule has 0 saturated carbocycles. The van der Waals surface area contributed by atoms with Crippen LogP contribution in [-0.4, -0.2) is 35.4 Å². The first-order chi connectivity index (χ1) is 11.9. The normalized spacial score (nSPS) is 17.3. The van der Waals surface area contributed by atoms with Gasteiger partial charge in [0.25, 0.3) is 0 Å².